The van der Waals surface area contributed by atoms with E-state index in [1.165, 1.54) is 10.4 Å². The summed E-state index contributed by atoms with van der Waals surface area (Å²) in [5, 5.41) is 2.13. The summed E-state index contributed by atoms with van der Waals surface area (Å²) in [5.41, 5.74) is 1.02. The number of piperidine rings is 1. The number of carbonyl (C=O) groups excluding carboxylic acids is 1. The van der Waals surface area contributed by atoms with Gasteiger partial charge in [-0.05, 0) is 54.9 Å². The molecule has 0 radical (unpaired) electrons. The molecule has 0 aliphatic carbocycles. The van der Waals surface area contributed by atoms with Crippen molar-refractivity contribution in [1.82, 2.24) is 14.8 Å². The summed E-state index contributed by atoms with van der Waals surface area (Å²) < 4.78 is 0. The summed E-state index contributed by atoms with van der Waals surface area (Å²) in [4.78, 5) is 23.1. The van der Waals surface area contributed by atoms with Crippen LogP contribution >= 0.6 is 11.3 Å². The van der Waals surface area contributed by atoms with Gasteiger partial charge in [-0.1, -0.05) is 6.07 Å². The van der Waals surface area contributed by atoms with Crippen LogP contribution in [0, 0.1) is 5.41 Å². The van der Waals surface area contributed by atoms with Gasteiger partial charge in [0.2, 0.25) is 5.91 Å². The Hall–Kier alpha value is -1.72. The molecule has 2 fully saturated rings. The van der Waals surface area contributed by atoms with Crippen LogP contribution in [0.1, 0.15) is 29.7 Å². The number of amides is 1. The fourth-order valence-electron chi connectivity index (χ4n) is 4.12. The van der Waals surface area contributed by atoms with Crippen LogP contribution < -0.4 is 0 Å². The molecule has 0 bridgehead atoms. The minimum Gasteiger partial charge on any atom is -0.338 e. The van der Waals surface area contributed by atoms with Gasteiger partial charge in [0.15, 0.2) is 0 Å². The highest BCUT2D eigenvalue weighted by molar-refractivity contribution is 7.09. The number of rotatable bonds is 4. The average Bonchev–Trinajstić information content (AvgIpc) is 3.21. The van der Waals surface area contributed by atoms with Crippen LogP contribution in [-0.2, 0) is 17.9 Å². The molecule has 5 heteroatoms. The molecule has 4 nitrogen and oxygen atoms in total. The van der Waals surface area contributed by atoms with Crippen molar-refractivity contribution < 1.29 is 4.79 Å². The number of pyridine rings is 1. The van der Waals surface area contributed by atoms with E-state index in [4.69, 9.17) is 0 Å². The standard InChI is InChI=1S/C19H23N3OS/c23-18-19(7-11-22(18)13-16-4-8-20-9-5-16)6-2-10-21(15-19)14-17-3-1-12-24-17/h1,3-5,8-9,12H,2,6-7,10-11,13-15H2. The molecule has 0 aromatic carbocycles. The van der Waals surface area contributed by atoms with Gasteiger partial charge in [0.25, 0.3) is 0 Å². The summed E-state index contributed by atoms with van der Waals surface area (Å²) >= 11 is 1.81. The van der Waals surface area contributed by atoms with Crippen molar-refractivity contribution in [3.63, 3.8) is 0 Å². The first-order valence-corrected chi connectivity index (χ1v) is 9.56. The molecule has 2 aliphatic rings. The summed E-state index contributed by atoms with van der Waals surface area (Å²) in [6.07, 6.45) is 6.77. The number of hydrogen-bond donors (Lipinski definition) is 0. The van der Waals surface area contributed by atoms with Gasteiger partial charge < -0.3 is 4.90 Å². The zero-order valence-electron chi connectivity index (χ0n) is 13.9. The van der Waals surface area contributed by atoms with Crippen LogP contribution in [0.4, 0.5) is 0 Å². The predicted octanol–water partition coefficient (Wildman–Crippen LogP) is 3.16. The number of likely N-dealkylation sites (tertiary alicyclic amines) is 2. The predicted molar refractivity (Wildman–Crippen MR) is 95.5 cm³/mol. The van der Waals surface area contributed by atoms with E-state index in [9.17, 15) is 4.79 Å². The van der Waals surface area contributed by atoms with E-state index >= 15 is 0 Å². The van der Waals surface area contributed by atoms with E-state index in [0.29, 0.717) is 12.5 Å². The number of nitrogens with zero attached hydrogens (tertiary/aromatic N) is 3. The smallest absolute Gasteiger partial charge is 0.230 e. The molecule has 4 rings (SSSR count). The Morgan fingerprint density at radius 2 is 2.00 bits per heavy atom. The molecule has 0 saturated carbocycles. The van der Waals surface area contributed by atoms with Crippen molar-refractivity contribution in [1.29, 1.82) is 0 Å². The molecule has 2 saturated heterocycles. The molecule has 2 aliphatic heterocycles. The molecule has 1 spiro atoms. The van der Waals surface area contributed by atoms with Gasteiger partial charge in [0, 0.05) is 43.4 Å². The summed E-state index contributed by atoms with van der Waals surface area (Å²) in [6.45, 7) is 4.60. The van der Waals surface area contributed by atoms with E-state index in [1.54, 1.807) is 12.4 Å². The van der Waals surface area contributed by atoms with Crippen molar-refractivity contribution in [2.75, 3.05) is 19.6 Å². The molecule has 1 amide bonds. The Morgan fingerprint density at radius 1 is 1.12 bits per heavy atom. The molecule has 0 N–H and O–H groups in total. The van der Waals surface area contributed by atoms with Crippen LogP contribution in [0.5, 0.6) is 0 Å². The van der Waals surface area contributed by atoms with Crippen molar-refractivity contribution >= 4 is 17.2 Å². The Bertz CT molecular complexity index is 688. The second-order valence-corrected chi connectivity index (χ2v) is 8.04. The number of hydrogen-bond acceptors (Lipinski definition) is 4. The normalized spacial score (nSPS) is 24.8. The van der Waals surface area contributed by atoms with Gasteiger partial charge in [0.05, 0.1) is 5.41 Å². The zero-order chi connectivity index (χ0) is 16.4. The van der Waals surface area contributed by atoms with Crippen molar-refractivity contribution in [2.45, 2.75) is 32.4 Å². The van der Waals surface area contributed by atoms with Gasteiger partial charge >= 0.3 is 0 Å². The Labute approximate surface area is 147 Å². The molecule has 1 atom stereocenters. The highest BCUT2D eigenvalue weighted by Crippen LogP contribution is 2.41. The molecule has 2 aromatic rings. The van der Waals surface area contributed by atoms with Gasteiger partial charge in [-0.15, -0.1) is 11.3 Å². The Morgan fingerprint density at radius 3 is 2.79 bits per heavy atom. The average molecular weight is 341 g/mol. The molecule has 2 aromatic heterocycles. The summed E-state index contributed by atoms with van der Waals surface area (Å²) in [5.74, 6) is 0.357. The molecule has 24 heavy (non-hydrogen) atoms. The monoisotopic (exact) mass is 341 g/mol. The summed E-state index contributed by atoms with van der Waals surface area (Å²) in [7, 11) is 0. The van der Waals surface area contributed by atoms with Gasteiger partial charge in [-0.3, -0.25) is 14.7 Å². The first-order chi connectivity index (χ1) is 11.8. The fraction of sp³-hybridized carbons (Fsp3) is 0.474. The van der Waals surface area contributed by atoms with E-state index in [-0.39, 0.29) is 5.41 Å². The van der Waals surface area contributed by atoms with E-state index in [2.05, 4.69) is 27.4 Å². The largest absolute Gasteiger partial charge is 0.338 e. The second-order valence-electron chi connectivity index (χ2n) is 7.01. The maximum Gasteiger partial charge on any atom is 0.230 e. The van der Waals surface area contributed by atoms with E-state index < -0.39 is 0 Å². The highest BCUT2D eigenvalue weighted by Gasteiger charge is 2.48. The molecular formula is C19H23N3OS. The number of aromatic nitrogens is 1. The Balaban J connectivity index is 1.44. The van der Waals surface area contributed by atoms with E-state index in [0.717, 1.165) is 45.4 Å². The van der Waals surface area contributed by atoms with Gasteiger partial charge in [-0.2, -0.15) is 0 Å². The van der Waals surface area contributed by atoms with Crippen LogP contribution in [0.2, 0.25) is 0 Å². The fourth-order valence-corrected chi connectivity index (χ4v) is 4.86. The van der Waals surface area contributed by atoms with Crippen molar-refractivity contribution in [3.8, 4) is 0 Å². The third kappa shape index (κ3) is 3.10. The summed E-state index contributed by atoms with van der Waals surface area (Å²) in [6, 6.07) is 8.31. The number of carbonyl (C=O) groups is 1. The molecule has 1 unspecified atom stereocenters. The van der Waals surface area contributed by atoms with E-state index in [1.807, 2.05) is 28.4 Å². The lowest BCUT2D eigenvalue weighted by Crippen LogP contribution is -2.47. The minimum atomic E-state index is -0.150. The topological polar surface area (TPSA) is 36.4 Å². The second kappa shape index (κ2) is 6.65. The first-order valence-electron chi connectivity index (χ1n) is 8.68. The van der Waals surface area contributed by atoms with Crippen LogP contribution in [0.15, 0.2) is 42.0 Å². The lowest BCUT2D eigenvalue weighted by molar-refractivity contribution is -0.139. The Kier molecular flexibility index (Phi) is 4.37. The number of thiophene rings is 1. The molecule has 4 heterocycles. The maximum atomic E-state index is 13.1. The highest BCUT2D eigenvalue weighted by atomic mass is 32.1. The van der Waals surface area contributed by atoms with Crippen LogP contribution in [0.25, 0.3) is 0 Å². The quantitative estimate of drug-likeness (QED) is 0.857. The molecular weight excluding hydrogens is 318 g/mol. The maximum absolute atomic E-state index is 13.1. The minimum absolute atomic E-state index is 0.150. The van der Waals surface area contributed by atoms with Gasteiger partial charge in [-0.25, -0.2) is 0 Å². The van der Waals surface area contributed by atoms with Gasteiger partial charge in [0.1, 0.15) is 0 Å². The third-order valence-electron chi connectivity index (χ3n) is 5.34. The SMILES string of the molecule is O=C1N(Cc2ccncc2)CCC12CCCN(Cc1cccs1)C2. The van der Waals surface area contributed by atoms with Crippen LogP contribution in [-0.4, -0.2) is 40.3 Å². The zero-order valence-corrected chi connectivity index (χ0v) is 14.7. The molecule has 126 valence electrons. The van der Waals surface area contributed by atoms with Crippen molar-refractivity contribution in [2.24, 2.45) is 5.41 Å². The van der Waals surface area contributed by atoms with Crippen LogP contribution in [0.3, 0.4) is 0 Å². The lowest BCUT2D eigenvalue weighted by Gasteiger charge is -2.39. The first kappa shape index (κ1) is 15.8. The van der Waals surface area contributed by atoms with Crippen molar-refractivity contribution in [3.05, 3.63) is 52.5 Å². The lowest BCUT2D eigenvalue weighted by atomic mass is 9.78. The third-order valence-corrected chi connectivity index (χ3v) is 6.20.